The first kappa shape index (κ1) is 53.7. The molecule has 0 aliphatic heterocycles. The maximum Gasteiger partial charge on any atom is 0.472 e. The Labute approximate surface area is 345 Å². The molecule has 13 heteroatoms. The Morgan fingerprint density at radius 3 is 1.39 bits per heavy atom. The molecule has 0 aromatic rings. The summed E-state index contributed by atoms with van der Waals surface area (Å²) in [5.41, 5.74) is 0. The highest BCUT2D eigenvalue weighted by atomic mass is 31.2. The van der Waals surface area contributed by atoms with E-state index >= 15 is 0 Å². The number of carbonyl (C=O) groups is 1. The number of phosphoric ester groups is 1. The monoisotopic (exact) mass is 835 g/mol. The van der Waals surface area contributed by atoms with Gasteiger partial charge in [-0.1, -0.05) is 154 Å². The first-order chi connectivity index (χ1) is 27.5. The van der Waals surface area contributed by atoms with Crippen molar-refractivity contribution in [3.8, 4) is 0 Å². The molecule has 57 heavy (non-hydrogen) atoms. The van der Waals surface area contributed by atoms with Crippen LogP contribution < -0.4 is 0 Å². The maximum absolute atomic E-state index is 12.8. The lowest BCUT2D eigenvalue weighted by molar-refractivity contribution is -0.220. The summed E-state index contributed by atoms with van der Waals surface area (Å²) in [6.07, 6.45) is 27.5. The van der Waals surface area contributed by atoms with Gasteiger partial charge in [-0.3, -0.25) is 13.8 Å². The fourth-order valence-electron chi connectivity index (χ4n) is 6.96. The largest absolute Gasteiger partial charge is 0.498 e. The van der Waals surface area contributed by atoms with Crippen LogP contribution in [0.3, 0.4) is 0 Å². The lowest BCUT2D eigenvalue weighted by atomic mass is 9.85. The molecule has 6 unspecified atom stereocenters. The van der Waals surface area contributed by atoms with Gasteiger partial charge in [-0.25, -0.2) is 4.57 Å². The van der Waals surface area contributed by atoms with Crippen LogP contribution in [-0.4, -0.2) is 92.3 Å². The number of phosphoric acid groups is 1. The van der Waals surface area contributed by atoms with Crippen LogP contribution in [0.4, 0.5) is 0 Å². The molecular formula is C44H83O12P. The van der Waals surface area contributed by atoms with Crippen LogP contribution in [0.25, 0.3) is 0 Å². The van der Waals surface area contributed by atoms with Gasteiger partial charge in [0.15, 0.2) is 6.10 Å². The fraction of sp³-hybridized carbons (Fsp3) is 0.886. The van der Waals surface area contributed by atoms with E-state index < -0.39 is 63.1 Å². The molecule has 8 atom stereocenters. The predicted molar refractivity (Wildman–Crippen MR) is 225 cm³/mol. The molecule has 6 N–H and O–H groups in total. The molecule has 1 saturated carbocycles. The number of rotatable bonds is 38. The summed E-state index contributed by atoms with van der Waals surface area (Å²) in [5, 5.41) is 50.1. The number of unbranched alkanes of at least 4 members (excludes halogenated alkanes) is 24. The van der Waals surface area contributed by atoms with Gasteiger partial charge in [0.1, 0.15) is 43.2 Å². The maximum atomic E-state index is 12.8. The molecule has 0 aromatic carbocycles. The van der Waals surface area contributed by atoms with Gasteiger partial charge in [0.25, 0.3) is 0 Å². The molecule has 336 valence electrons. The molecule has 1 fully saturated rings. The van der Waals surface area contributed by atoms with E-state index in [0.717, 1.165) is 57.8 Å². The van der Waals surface area contributed by atoms with Gasteiger partial charge >= 0.3 is 13.8 Å². The Balaban J connectivity index is 2.44. The Kier molecular flexibility index (Phi) is 33.4. The molecule has 1 aliphatic rings. The number of esters is 1. The van der Waals surface area contributed by atoms with E-state index in [9.17, 15) is 39.8 Å². The number of hydrogen-bond donors (Lipinski definition) is 6. The Morgan fingerprint density at radius 2 is 0.930 bits per heavy atom. The summed E-state index contributed by atoms with van der Waals surface area (Å²) >= 11 is 0. The highest BCUT2D eigenvalue weighted by Crippen LogP contribution is 2.47. The van der Waals surface area contributed by atoms with Crippen LogP contribution in [0.2, 0.25) is 0 Å². The van der Waals surface area contributed by atoms with Crippen LogP contribution in [0.5, 0.6) is 0 Å². The van der Waals surface area contributed by atoms with Gasteiger partial charge in [0.05, 0.1) is 12.9 Å². The highest BCUT2D eigenvalue weighted by molar-refractivity contribution is 7.47. The SMILES string of the molecule is CCCCCCCCC/C=C\CCCCCCCC(=O)O[C@H](CO/C=C\CCCCCCCCCCCCCC)COP(=O)(O)OC1C(O)C(O)C(O)[C@@H](O)C1O. The lowest BCUT2D eigenvalue weighted by Gasteiger charge is -2.41. The van der Waals surface area contributed by atoms with Gasteiger partial charge in [0.2, 0.25) is 0 Å². The van der Waals surface area contributed by atoms with Crippen molar-refractivity contribution in [2.24, 2.45) is 0 Å². The molecule has 0 radical (unpaired) electrons. The van der Waals surface area contributed by atoms with E-state index in [0.29, 0.717) is 6.42 Å². The first-order valence-electron chi connectivity index (χ1n) is 22.7. The molecule has 0 saturated heterocycles. The van der Waals surface area contributed by atoms with Gasteiger partial charge in [0, 0.05) is 6.42 Å². The van der Waals surface area contributed by atoms with Crippen molar-refractivity contribution in [2.45, 2.75) is 236 Å². The number of hydrogen-bond acceptors (Lipinski definition) is 11. The first-order valence-corrected chi connectivity index (χ1v) is 24.2. The van der Waals surface area contributed by atoms with Crippen molar-refractivity contribution < 1.29 is 58.3 Å². The van der Waals surface area contributed by atoms with Gasteiger partial charge in [-0.05, 0) is 51.0 Å². The molecule has 0 aromatic heterocycles. The zero-order valence-corrected chi connectivity index (χ0v) is 36.5. The predicted octanol–water partition coefficient (Wildman–Crippen LogP) is 9.27. The third kappa shape index (κ3) is 27.9. The quantitative estimate of drug-likeness (QED) is 0.0114. The Morgan fingerprint density at radius 1 is 0.544 bits per heavy atom. The lowest BCUT2D eigenvalue weighted by Crippen LogP contribution is -2.64. The second-order valence-corrected chi connectivity index (χ2v) is 17.4. The van der Waals surface area contributed by atoms with Gasteiger partial charge < -0.3 is 39.9 Å². The van der Waals surface area contributed by atoms with Crippen LogP contribution in [0.1, 0.15) is 194 Å². The Hall–Kier alpha value is -1.34. The highest BCUT2D eigenvalue weighted by Gasteiger charge is 2.51. The topological polar surface area (TPSA) is 192 Å². The molecule has 0 amide bonds. The third-order valence-corrected chi connectivity index (χ3v) is 11.6. The molecule has 1 rings (SSSR count). The van der Waals surface area contributed by atoms with Gasteiger partial charge in [-0.2, -0.15) is 0 Å². The van der Waals surface area contributed by atoms with Crippen LogP contribution in [0, 0.1) is 0 Å². The van der Waals surface area contributed by atoms with Crippen molar-refractivity contribution in [1.82, 2.24) is 0 Å². The summed E-state index contributed by atoms with van der Waals surface area (Å²) in [6.45, 7) is 3.72. The Bertz CT molecular complexity index is 1040. The van der Waals surface area contributed by atoms with E-state index in [1.165, 1.54) is 115 Å². The number of ether oxygens (including phenoxy) is 2. The van der Waals surface area contributed by atoms with E-state index in [1.54, 1.807) is 0 Å². The van der Waals surface area contributed by atoms with Crippen LogP contribution in [0.15, 0.2) is 24.5 Å². The smallest absolute Gasteiger partial charge is 0.472 e. The molecule has 0 heterocycles. The number of aliphatic hydroxyl groups is 5. The fourth-order valence-corrected chi connectivity index (χ4v) is 7.94. The number of allylic oxidation sites excluding steroid dienone is 3. The van der Waals surface area contributed by atoms with Crippen LogP contribution in [-0.2, 0) is 27.9 Å². The van der Waals surface area contributed by atoms with E-state index in [1.807, 2.05) is 6.08 Å². The zero-order chi connectivity index (χ0) is 42.0. The van der Waals surface area contributed by atoms with E-state index in [2.05, 4.69) is 26.0 Å². The third-order valence-electron chi connectivity index (χ3n) is 10.6. The molecule has 12 nitrogen and oxygen atoms in total. The molecule has 1 aliphatic carbocycles. The number of carbonyl (C=O) groups excluding carboxylic acids is 1. The van der Waals surface area contributed by atoms with Crippen molar-refractivity contribution in [3.05, 3.63) is 24.5 Å². The summed E-state index contributed by atoms with van der Waals surface area (Å²) in [4.78, 5) is 23.1. The standard InChI is InChI=1S/C44H83O12P/c1-3-5-7-9-11-13-15-17-19-20-21-23-25-27-29-31-33-38(45)55-37(35-53-34-32-30-28-26-24-22-18-16-14-12-10-8-6-4-2)36-54-57(51,52)56-44-42(49)40(47)39(46)41(48)43(44)50/h19-20,32,34,37,39-44,46-50H,3-18,21-31,33,35-36H2,1-2H3,(H,51,52)/b20-19-,34-32-/t37-,39?,40-,41?,42?,43?,44?/m1/s1. The molecule has 0 spiro atoms. The van der Waals surface area contributed by atoms with Gasteiger partial charge in [-0.15, -0.1) is 0 Å². The zero-order valence-electron chi connectivity index (χ0n) is 35.6. The average Bonchev–Trinajstić information content (AvgIpc) is 3.19. The summed E-state index contributed by atoms with van der Waals surface area (Å²) in [5.74, 6) is -0.506. The van der Waals surface area contributed by atoms with Crippen molar-refractivity contribution in [1.29, 1.82) is 0 Å². The molecular weight excluding hydrogens is 751 g/mol. The van der Waals surface area contributed by atoms with Crippen molar-refractivity contribution in [2.75, 3.05) is 13.2 Å². The second-order valence-electron chi connectivity index (χ2n) is 16.0. The minimum atomic E-state index is -5.03. The minimum Gasteiger partial charge on any atom is -0.498 e. The normalized spacial score (nSPS) is 22.9. The summed E-state index contributed by atoms with van der Waals surface area (Å²) in [6, 6.07) is 0. The van der Waals surface area contributed by atoms with Crippen molar-refractivity contribution >= 4 is 13.8 Å². The van der Waals surface area contributed by atoms with E-state index in [4.69, 9.17) is 18.5 Å². The summed E-state index contributed by atoms with van der Waals surface area (Å²) in [7, 11) is -5.03. The number of aliphatic hydroxyl groups excluding tert-OH is 5. The average molecular weight is 835 g/mol. The molecule has 0 bridgehead atoms. The van der Waals surface area contributed by atoms with Crippen molar-refractivity contribution in [3.63, 3.8) is 0 Å². The van der Waals surface area contributed by atoms with E-state index in [-0.39, 0.29) is 13.0 Å². The summed E-state index contributed by atoms with van der Waals surface area (Å²) < 4.78 is 33.9. The second kappa shape index (κ2) is 35.4. The minimum absolute atomic E-state index is 0.161. The van der Waals surface area contributed by atoms with Crippen LogP contribution >= 0.6 is 7.82 Å².